The zero-order valence-corrected chi connectivity index (χ0v) is 19.1. The molecule has 0 radical (unpaired) electrons. The highest BCUT2D eigenvalue weighted by molar-refractivity contribution is 14.1. The number of amides is 1. The number of methoxy groups -OCH3 is 1. The van der Waals surface area contributed by atoms with Gasteiger partial charge in [0.15, 0.2) is 11.5 Å². The molecule has 1 unspecified atom stereocenters. The fourth-order valence-corrected chi connectivity index (χ4v) is 4.77. The molecule has 1 aliphatic carbocycles. The summed E-state index contributed by atoms with van der Waals surface area (Å²) in [5, 5.41) is 2.99. The molecule has 0 saturated heterocycles. The van der Waals surface area contributed by atoms with Gasteiger partial charge in [-0.1, -0.05) is 52.9 Å². The van der Waals surface area contributed by atoms with E-state index in [1.54, 1.807) is 13.3 Å². The average molecular weight is 528 g/mol. The third-order valence-electron chi connectivity index (χ3n) is 5.84. The van der Waals surface area contributed by atoms with Crippen LogP contribution in [0.3, 0.4) is 0 Å². The number of halogens is 1. The SMILES string of the molecule is COc1ccccc1C(I)c1ccc(NC(=O)C2(c3ccc4c(c3)OCO4)CC2)nc1. The van der Waals surface area contributed by atoms with Crippen molar-refractivity contribution in [2.24, 2.45) is 0 Å². The molecular weight excluding hydrogens is 507 g/mol. The van der Waals surface area contributed by atoms with Crippen LogP contribution in [-0.4, -0.2) is 24.8 Å². The lowest BCUT2D eigenvalue weighted by Gasteiger charge is -2.17. The number of rotatable bonds is 6. The van der Waals surface area contributed by atoms with Crippen molar-refractivity contribution >= 4 is 34.3 Å². The predicted octanol–water partition coefficient (Wildman–Crippen LogP) is 5.01. The Morgan fingerprint density at radius 1 is 1.13 bits per heavy atom. The molecule has 2 aromatic carbocycles. The van der Waals surface area contributed by atoms with Gasteiger partial charge < -0.3 is 19.5 Å². The van der Waals surface area contributed by atoms with E-state index in [1.807, 2.05) is 54.6 Å². The number of hydrogen-bond donors (Lipinski definition) is 1. The van der Waals surface area contributed by atoms with Gasteiger partial charge in [-0.3, -0.25) is 4.79 Å². The van der Waals surface area contributed by atoms with Crippen molar-refractivity contribution < 1.29 is 19.0 Å². The first-order chi connectivity index (χ1) is 15.1. The molecule has 1 N–H and O–H groups in total. The first-order valence-electron chi connectivity index (χ1n) is 10.1. The normalized spacial score (nSPS) is 16.5. The monoisotopic (exact) mass is 528 g/mol. The number of nitrogens with zero attached hydrogens (tertiary/aromatic N) is 1. The van der Waals surface area contributed by atoms with Crippen molar-refractivity contribution in [2.75, 3.05) is 19.2 Å². The number of para-hydroxylation sites is 1. The van der Waals surface area contributed by atoms with Crippen LogP contribution in [-0.2, 0) is 10.2 Å². The van der Waals surface area contributed by atoms with Crippen LogP contribution in [0.15, 0.2) is 60.8 Å². The average Bonchev–Trinajstić information content (AvgIpc) is 3.50. The van der Waals surface area contributed by atoms with Crippen LogP contribution < -0.4 is 19.5 Å². The van der Waals surface area contributed by atoms with Gasteiger partial charge in [-0.25, -0.2) is 4.98 Å². The zero-order chi connectivity index (χ0) is 21.4. The lowest BCUT2D eigenvalue weighted by Crippen LogP contribution is -2.28. The summed E-state index contributed by atoms with van der Waals surface area (Å²) in [6, 6.07) is 17.5. The van der Waals surface area contributed by atoms with E-state index in [1.165, 1.54) is 0 Å². The molecule has 31 heavy (non-hydrogen) atoms. The van der Waals surface area contributed by atoms with Crippen LogP contribution in [0, 0.1) is 0 Å². The molecule has 3 aromatic rings. The standard InChI is InChI=1S/C24H21IN2O4/c1-29-18-5-3-2-4-17(18)22(25)15-6-9-21(26-13-15)27-23(28)24(10-11-24)16-7-8-19-20(12-16)31-14-30-19/h2-9,12-13,22H,10-11,14H2,1H3,(H,26,27,28). The number of hydrogen-bond acceptors (Lipinski definition) is 5. The van der Waals surface area contributed by atoms with Crippen LogP contribution in [0.1, 0.15) is 33.5 Å². The maximum atomic E-state index is 13.1. The van der Waals surface area contributed by atoms with E-state index in [9.17, 15) is 4.79 Å². The number of fused-ring (bicyclic) bond motifs is 1. The zero-order valence-electron chi connectivity index (χ0n) is 16.9. The molecule has 158 valence electrons. The minimum Gasteiger partial charge on any atom is -0.496 e. The molecule has 1 aromatic heterocycles. The van der Waals surface area contributed by atoms with Crippen LogP contribution in [0.4, 0.5) is 5.82 Å². The van der Waals surface area contributed by atoms with Gasteiger partial charge in [0.2, 0.25) is 12.7 Å². The van der Waals surface area contributed by atoms with E-state index in [-0.39, 0.29) is 16.6 Å². The first-order valence-corrected chi connectivity index (χ1v) is 11.3. The number of carbonyl (C=O) groups excluding carboxylic acids is 1. The maximum absolute atomic E-state index is 13.1. The highest BCUT2D eigenvalue weighted by atomic mass is 127. The lowest BCUT2D eigenvalue weighted by molar-refractivity contribution is -0.118. The van der Waals surface area contributed by atoms with Crippen LogP contribution >= 0.6 is 22.6 Å². The number of nitrogens with one attached hydrogen (secondary N) is 1. The Morgan fingerprint density at radius 2 is 1.94 bits per heavy atom. The molecule has 1 saturated carbocycles. The number of pyridine rings is 1. The van der Waals surface area contributed by atoms with E-state index >= 15 is 0 Å². The fraction of sp³-hybridized carbons (Fsp3) is 0.250. The molecule has 1 aliphatic heterocycles. The minimum absolute atomic E-state index is 0.0395. The van der Waals surface area contributed by atoms with Gasteiger partial charge in [0, 0.05) is 11.8 Å². The summed E-state index contributed by atoms with van der Waals surface area (Å²) in [5.74, 6) is 2.77. The molecule has 1 amide bonds. The number of benzene rings is 2. The molecule has 0 bridgehead atoms. The Balaban J connectivity index is 1.31. The highest BCUT2D eigenvalue weighted by Crippen LogP contribution is 2.51. The number of anilines is 1. The lowest BCUT2D eigenvalue weighted by atomic mass is 9.94. The van der Waals surface area contributed by atoms with Crippen LogP contribution in [0.25, 0.3) is 0 Å². The molecule has 1 fully saturated rings. The molecule has 6 nitrogen and oxygen atoms in total. The molecule has 5 rings (SSSR count). The Hall–Kier alpha value is -2.81. The van der Waals surface area contributed by atoms with Crippen molar-refractivity contribution in [2.45, 2.75) is 22.2 Å². The topological polar surface area (TPSA) is 69.7 Å². The van der Waals surface area contributed by atoms with Gasteiger partial charge in [0.1, 0.15) is 11.6 Å². The molecule has 7 heteroatoms. The molecular formula is C24H21IN2O4. The van der Waals surface area contributed by atoms with Gasteiger partial charge in [0.25, 0.3) is 0 Å². The Bertz CT molecular complexity index is 1130. The number of carbonyl (C=O) groups is 1. The predicted molar refractivity (Wildman–Crippen MR) is 125 cm³/mol. The largest absolute Gasteiger partial charge is 0.496 e. The molecule has 0 spiro atoms. The summed E-state index contributed by atoms with van der Waals surface area (Å²) in [6.07, 6.45) is 3.42. The third-order valence-corrected chi connectivity index (χ3v) is 7.23. The smallest absolute Gasteiger partial charge is 0.236 e. The minimum atomic E-state index is -0.523. The van der Waals surface area contributed by atoms with E-state index in [4.69, 9.17) is 14.2 Å². The summed E-state index contributed by atoms with van der Waals surface area (Å²) in [5.41, 5.74) is 2.56. The van der Waals surface area contributed by atoms with Crippen molar-refractivity contribution in [1.82, 2.24) is 4.98 Å². The van der Waals surface area contributed by atoms with Crippen LogP contribution in [0.2, 0.25) is 0 Å². The van der Waals surface area contributed by atoms with Gasteiger partial charge in [0.05, 0.1) is 16.4 Å². The van der Waals surface area contributed by atoms with Gasteiger partial charge in [-0.05, 0) is 48.2 Å². The van der Waals surface area contributed by atoms with E-state index in [0.29, 0.717) is 11.6 Å². The van der Waals surface area contributed by atoms with Crippen LogP contribution in [0.5, 0.6) is 17.2 Å². The summed E-state index contributed by atoms with van der Waals surface area (Å²) in [4.78, 5) is 17.6. The molecule has 1 atom stereocenters. The molecule has 2 heterocycles. The Kier molecular flexibility index (Phi) is 5.21. The molecule has 2 aliphatic rings. The first kappa shape index (κ1) is 20.1. The van der Waals surface area contributed by atoms with Gasteiger partial charge in [-0.15, -0.1) is 0 Å². The summed E-state index contributed by atoms with van der Waals surface area (Å²) in [6.45, 7) is 0.223. The van der Waals surface area contributed by atoms with Crippen molar-refractivity contribution in [3.63, 3.8) is 0 Å². The van der Waals surface area contributed by atoms with Gasteiger partial charge in [-0.2, -0.15) is 0 Å². The highest BCUT2D eigenvalue weighted by Gasteiger charge is 2.51. The second-order valence-corrected chi connectivity index (χ2v) is 8.93. The van der Waals surface area contributed by atoms with Gasteiger partial charge >= 0.3 is 0 Å². The number of alkyl halides is 1. The second kappa shape index (κ2) is 8.03. The van der Waals surface area contributed by atoms with E-state index in [0.717, 1.165) is 41.0 Å². The quantitative estimate of drug-likeness (QED) is 0.360. The van der Waals surface area contributed by atoms with E-state index < -0.39 is 5.41 Å². The summed E-state index contributed by atoms with van der Waals surface area (Å²) in [7, 11) is 1.67. The van der Waals surface area contributed by atoms with E-state index in [2.05, 4.69) is 32.9 Å². The number of aromatic nitrogens is 1. The third kappa shape index (κ3) is 3.71. The van der Waals surface area contributed by atoms with Crippen molar-refractivity contribution in [1.29, 1.82) is 0 Å². The Morgan fingerprint density at radius 3 is 2.68 bits per heavy atom. The maximum Gasteiger partial charge on any atom is 0.236 e. The van der Waals surface area contributed by atoms with Crippen molar-refractivity contribution in [3.05, 3.63) is 77.5 Å². The Labute approximate surface area is 194 Å². The van der Waals surface area contributed by atoms with Crippen molar-refractivity contribution in [3.8, 4) is 17.2 Å². The fourth-order valence-electron chi connectivity index (χ4n) is 3.89. The summed E-state index contributed by atoms with van der Waals surface area (Å²) < 4.78 is 16.4. The summed E-state index contributed by atoms with van der Waals surface area (Å²) >= 11 is 2.37. The second-order valence-electron chi connectivity index (χ2n) is 7.69. The number of ether oxygens (including phenoxy) is 3.